The fourth-order valence-corrected chi connectivity index (χ4v) is 2.49. The van der Waals surface area contributed by atoms with Gasteiger partial charge in [-0.15, -0.1) is 0 Å². The van der Waals surface area contributed by atoms with Crippen molar-refractivity contribution < 1.29 is 0 Å². The van der Waals surface area contributed by atoms with Crippen LogP contribution in [0.15, 0.2) is 52.6 Å². The Hall–Kier alpha value is -1.30. The molecule has 1 aliphatic carbocycles. The molecule has 1 aliphatic rings. The van der Waals surface area contributed by atoms with Crippen LogP contribution in [0.1, 0.15) is 39.2 Å². The maximum absolute atomic E-state index is 2.26. The summed E-state index contributed by atoms with van der Waals surface area (Å²) in [5.74, 6) is 0.520. The number of hydrogen-bond donors (Lipinski definition) is 0. The van der Waals surface area contributed by atoms with E-state index in [0.717, 1.165) is 0 Å². The Kier molecular flexibility index (Phi) is 2.52. The van der Waals surface area contributed by atoms with Gasteiger partial charge in [-0.3, -0.25) is 0 Å². The van der Waals surface area contributed by atoms with Crippen LogP contribution in [0.5, 0.6) is 0 Å². The first-order chi connectivity index (χ1) is 7.13. The third-order valence-electron chi connectivity index (χ3n) is 3.74. The average molecular weight is 198 g/mol. The molecule has 0 fully saturated rings. The lowest BCUT2D eigenvalue weighted by Crippen LogP contribution is -1.98. The van der Waals surface area contributed by atoms with Crippen LogP contribution in [0.25, 0.3) is 0 Å². The average Bonchev–Trinajstić information content (AvgIpc) is 2.45. The van der Waals surface area contributed by atoms with E-state index in [1.54, 1.807) is 0 Å². The molecule has 0 spiro atoms. The van der Waals surface area contributed by atoms with Gasteiger partial charge in [-0.25, -0.2) is 0 Å². The van der Waals surface area contributed by atoms with E-state index in [1.807, 2.05) is 0 Å². The molecule has 0 aromatic heterocycles. The zero-order valence-corrected chi connectivity index (χ0v) is 9.96. The second-order valence-corrected chi connectivity index (χ2v) is 4.46. The second kappa shape index (κ2) is 3.69. The molecular formula is C15H18. The number of allylic oxidation sites excluding steroid dienone is 4. The quantitative estimate of drug-likeness (QED) is 0.625. The van der Waals surface area contributed by atoms with Crippen molar-refractivity contribution in [3.8, 4) is 0 Å². The molecule has 15 heavy (non-hydrogen) atoms. The topological polar surface area (TPSA) is 0 Å². The van der Waals surface area contributed by atoms with Gasteiger partial charge in [0.1, 0.15) is 0 Å². The third-order valence-corrected chi connectivity index (χ3v) is 3.74. The lowest BCUT2D eigenvalue weighted by atomic mass is 9.89. The SMILES string of the molecule is CC1=C(C)C(c2ccccc2)C(C)=C1C. The molecule has 0 bridgehead atoms. The Morgan fingerprint density at radius 2 is 1.20 bits per heavy atom. The normalized spacial score (nSPS) is 17.9. The lowest BCUT2D eigenvalue weighted by molar-refractivity contribution is 0.935. The first-order valence-corrected chi connectivity index (χ1v) is 5.53. The molecule has 1 aromatic carbocycles. The Bertz CT molecular complexity index is 408. The Balaban J connectivity index is 2.50. The van der Waals surface area contributed by atoms with E-state index in [2.05, 4.69) is 58.0 Å². The summed E-state index contributed by atoms with van der Waals surface area (Å²) >= 11 is 0. The Morgan fingerprint density at radius 3 is 1.67 bits per heavy atom. The van der Waals surface area contributed by atoms with E-state index >= 15 is 0 Å². The maximum atomic E-state index is 2.26. The fourth-order valence-electron chi connectivity index (χ4n) is 2.49. The summed E-state index contributed by atoms with van der Waals surface area (Å²) in [6.07, 6.45) is 0. The predicted molar refractivity (Wildman–Crippen MR) is 65.9 cm³/mol. The van der Waals surface area contributed by atoms with Crippen molar-refractivity contribution in [2.45, 2.75) is 33.6 Å². The van der Waals surface area contributed by atoms with Crippen molar-refractivity contribution in [1.29, 1.82) is 0 Å². The van der Waals surface area contributed by atoms with E-state index in [1.165, 1.54) is 27.9 Å². The van der Waals surface area contributed by atoms with Gasteiger partial charge in [-0.2, -0.15) is 0 Å². The molecule has 0 N–H and O–H groups in total. The van der Waals surface area contributed by atoms with E-state index in [9.17, 15) is 0 Å². The minimum Gasteiger partial charge on any atom is -0.0622 e. The van der Waals surface area contributed by atoms with Crippen LogP contribution in [-0.4, -0.2) is 0 Å². The van der Waals surface area contributed by atoms with Crippen LogP contribution in [0.2, 0.25) is 0 Å². The Labute approximate surface area is 92.3 Å². The van der Waals surface area contributed by atoms with Gasteiger partial charge < -0.3 is 0 Å². The van der Waals surface area contributed by atoms with Gasteiger partial charge in [0.05, 0.1) is 0 Å². The molecule has 0 aliphatic heterocycles. The minimum absolute atomic E-state index is 0.520. The van der Waals surface area contributed by atoms with Gasteiger partial charge in [0, 0.05) is 5.92 Å². The standard InChI is InChI=1S/C15H18/c1-10-11(2)13(4)15(12(10)3)14-8-6-5-7-9-14/h5-9,15H,1-4H3. The highest BCUT2D eigenvalue weighted by molar-refractivity contribution is 5.53. The zero-order valence-electron chi connectivity index (χ0n) is 9.96. The minimum atomic E-state index is 0.520. The van der Waals surface area contributed by atoms with Crippen molar-refractivity contribution >= 4 is 0 Å². The van der Waals surface area contributed by atoms with Crippen LogP contribution in [-0.2, 0) is 0 Å². The van der Waals surface area contributed by atoms with Crippen molar-refractivity contribution in [2.75, 3.05) is 0 Å². The van der Waals surface area contributed by atoms with E-state index < -0.39 is 0 Å². The van der Waals surface area contributed by atoms with Gasteiger partial charge in [-0.1, -0.05) is 41.5 Å². The summed E-state index contributed by atoms with van der Waals surface area (Å²) in [5, 5.41) is 0. The van der Waals surface area contributed by atoms with Gasteiger partial charge in [0.15, 0.2) is 0 Å². The fraction of sp³-hybridized carbons (Fsp3) is 0.333. The molecule has 0 radical (unpaired) electrons. The van der Waals surface area contributed by atoms with Crippen LogP contribution >= 0.6 is 0 Å². The first kappa shape index (κ1) is 10.2. The van der Waals surface area contributed by atoms with Gasteiger partial charge in [0.2, 0.25) is 0 Å². The second-order valence-electron chi connectivity index (χ2n) is 4.46. The van der Waals surface area contributed by atoms with Crippen LogP contribution in [0.3, 0.4) is 0 Å². The molecule has 0 heterocycles. The third kappa shape index (κ3) is 1.54. The number of benzene rings is 1. The summed E-state index contributed by atoms with van der Waals surface area (Å²) in [6, 6.07) is 10.8. The molecule has 0 heteroatoms. The number of hydrogen-bond acceptors (Lipinski definition) is 0. The van der Waals surface area contributed by atoms with Crippen molar-refractivity contribution in [2.24, 2.45) is 0 Å². The van der Waals surface area contributed by atoms with Gasteiger partial charge in [-0.05, 0) is 44.4 Å². The summed E-state index contributed by atoms with van der Waals surface area (Å²) in [6.45, 7) is 8.98. The molecule has 0 amide bonds. The highest BCUT2D eigenvalue weighted by atomic mass is 14.3. The summed E-state index contributed by atoms with van der Waals surface area (Å²) in [4.78, 5) is 0. The molecule has 0 unspecified atom stereocenters. The predicted octanol–water partition coefficient (Wildman–Crippen LogP) is 4.46. The largest absolute Gasteiger partial charge is 0.0622 e. The molecule has 0 saturated heterocycles. The van der Waals surface area contributed by atoms with Gasteiger partial charge in [0.25, 0.3) is 0 Å². The Morgan fingerprint density at radius 1 is 0.733 bits per heavy atom. The van der Waals surface area contributed by atoms with Crippen LogP contribution < -0.4 is 0 Å². The smallest absolute Gasteiger partial charge is 0.0263 e. The van der Waals surface area contributed by atoms with E-state index in [4.69, 9.17) is 0 Å². The summed E-state index contributed by atoms with van der Waals surface area (Å²) in [7, 11) is 0. The lowest BCUT2D eigenvalue weighted by Gasteiger charge is -2.15. The van der Waals surface area contributed by atoms with Crippen molar-refractivity contribution in [3.05, 3.63) is 58.2 Å². The molecule has 0 saturated carbocycles. The van der Waals surface area contributed by atoms with Crippen LogP contribution in [0.4, 0.5) is 0 Å². The molecule has 0 atom stereocenters. The molecule has 1 aromatic rings. The summed E-state index contributed by atoms with van der Waals surface area (Å²) in [5.41, 5.74) is 7.39. The van der Waals surface area contributed by atoms with E-state index in [-0.39, 0.29) is 0 Å². The maximum Gasteiger partial charge on any atom is 0.0263 e. The van der Waals surface area contributed by atoms with Crippen molar-refractivity contribution in [1.82, 2.24) is 0 Å². The molecular weight excluding hydrogens is 180 g/mol. The van der Waals surface area contributed by atoms with Crippen LogP contribution in [0, 0.1) is 0 Å². The molecule has 78 valence electrons. The summed E-state index contributed by atoms with van der Waals surface area (Å²) < 4.78 is 0. The van der Waals surface area contributed by atoms with Crippen molar-refractivity contribution in [3.63, 3.8) is 0 Å². The highest BCUT2D eigenvalue weighted by Gasteiger charge is 2.25. The first-order valence-electron chi connectivity index (χ1n) is 5.53. The molecule has 2 rings (SSSR count). The van der Waals surface area contributed by atoms with E-state index in [0.29, 0.717) is 5.92 Å². The zero-order chi connectivity index (χ0) is 11.0. The van der Waals surface area contributed by atoms with Gasteiger partial charge >= 0.3 is 0 Å². The number of rotatable bonds is 1. The highest BCUT2D eigenvalue weighted by Crippen LogP contribution is 2.42. The monoisotopic (exact) mass is 198 g/mol. The molecule has 0 nitrogen and oxygen atoms in total.